The molecule has 0 aliphatic heterocycles. The Kier molecular flexibility index (Phi) is 2.95. The second-order valence-corrected chi connectivity index (χ2v) is 4.07. The molecule has 0 saturated heterocycles. The van der Waals surface area contributed by atoms with Gasteiger partial charge in [-0.05, 0) is 12.1 Å². The molecule has 2 N–H and O–H groups in total. The summed E-state index contributed by atoms with van der Waals surface area (Å²) in [7, 11) is 0. The SMILES string of the molecule is O=C(O)c1cc(Cl)cc(Cl)c1-n1cc[nH]c1=O. The molecule has 2 rings (SSSR count). The van der Waals surface area contributed by atoms with Crippen molar-refractivity contribution in [3.05, 3.63) is 50.6 Å². The van der Waals surface area contributed by atoms with E-state index in [0.29, 0.717) is 0 Å². The highest BCUT2D eigenvalue weighted by Crippen LogP contribution is 2.27. The lowest BCUT2D eigenvalue weighted by atomic mass is 10.1. The molecule has 0 radical (unpaired) electrons. The summed E-state index contributed by atoms with van der Waals surface area (Å²) in [6.07, 6.45) is 2.78. The Bertz CT molecular complexity index is 645. The molecular weight excluding hydrogens is 267 g/mol. The number of rotatable bonds is 2. The van der Waals surface area contributed by atoms with Crippen LogP contribution in [-0.4, -0.2) is 20.6 Å². The van der Waals surface area contributed by atoms with Crippen LogP contribution in [0.1, 0.15) is 10.4 Å². The van der Waals surface area contributed by atoms with E-state index in [1.807, 2.05) is 0 Å². The van der Waals surface area contributed by atoms with Gasteiger partial charge in [-0.1, -0.05) is 23.2 Å². The van der Waals surface area contributed by atoms with Gasteiger partial charge in [0.2, 0.25) is 0 Å². The maximum atomic E-state index is 11.5. The number of H-pyrrole nitrogens is 1. The van der Waals surface area contributed by atoms with Crippen molar-refractivity contribution in [2.24, 2.45) is 0 Å². The summed E-state index contributed by atoms with van der Waals surface area (Å²) < 4.78 is 1.11. The van der Waals surface area contributed by atoms with Crippen molar-refractivity contribution < 1.29 is 9.90 Å². The number of carboxylic acid groups (broad SMARTS) is 1. The maximum absolute atomic E-state index is 11.5. The Labute approximate surface area is 105 Å². The molecule has 1 aromatic heterocycles. The lowest BCUT2D eigenvalue weighted by molar-refractivity contribution is 0.0697. The van der Waals surface area contributed by atoms with E-state index >= 15 is 0 Å². The zero-order valence-electron chi connectivity index (χ0n) is 8.28. The van der Waals surface area contributed by atoms with Gasteiger partial charge in [0.1, 0.15) is 0 Å². The highest BCUT2D eigenvalue weighted by Gasteiger charge is 2.17. The fourth-order valence-corrected chi connectivity index (χ4v) is 2.05. The van der Waals surface area contributed by atoms with Crippen molar-refractivity contribution in [1.82, 2.24) is 9.55 Å². The normalized spacial score (nSPS) is 10.5. The first-order valence-electron chi connectivity index (χ1n) is 4.49. The minimum absolute atomic E-state index is 0.0924. The van der Waals surface area contributed by atoms with E-state index in [0.717, 1.165) is 4.57 Å². The molecule has 2 aromatic rings. The van der Waals surface area contributed by atoms with Crippen molar-refractivity contribution in [3.63, 3.8) is 0 Å². The summed E-state index contributed by atoms with van der Waals surface area (Å²) in [6.45, 7) is 0. The van der Waals surface area contributed by atoms with E-state index in [2.05, 4.69) is 4.98 Å². The highest BCUT2D eigenvalue weighted by atomic mass is 35.5. The van der Waals surface area contributed by atoms with Crippen LogP contribution >= 0.6 is 23.2 Å². The molecule has 1 aromatic carbocycles. The molecule has 0 aliphatic carbocycles. The second-order valence-electron chi connectivity index (χ2n) is 3.22. The molecule has 88 valence electrons. The average molecular weight is 273 g/mol. The summed E-state index contributed by atoms with van der Waals surface area (Å²) in [6, 6.07) is 2.62. The van der Waals surface area contributed by atoms with Crippen LogP contribution in [-0.2, 0) is 0 Å². The molecular formula is C10H6Cl2N2O3. The summed E-state index contributed by atoms with van der Waals surface area (Å²) in [5.74, 6) is -1.21. The van der Waals surface area contributed by atoms with Gasteiger partial charge in [0, 0.05) is 17.4 Å². The number of carboxylic acids is 1. The number of hydrogen-bond donors (Lipinski definition) is 2. The molecule has 0 fully saturated rings. The number of benzene rings is 1. The molecule has 0 spiro atoms. The van der Waals surface area contributed by atoms with Gasteiger partial charge in [-0.15, -0.1) is 0 Å². The summed E-state index contributed by atoms with van der Waals surface area (Å²) in [4.78, 5) is 24.9. The van der Waals surface area contributed by atoms with E-state index in [1.165, 1.54) is 24.5 Å². The van der Waals surface area contributed by atoms with Gasteiger partial charge < -0.3 is 10.1 Å². The predicted octanol–water partition coefficient (Wildman–Crippen LogP) is 2.17. The van der Waals surface area contributed by atoms with E-state index < -0.39 is 11.7 Å². The Balaban J connectivity index is 2.81. The van der Waals surface area contributed by atoms with Crippen LogP contribution in [0.2, 0.25) is 10.0 Å². The third-order valence-corrected chi connectivity index (χ3v) is 2.66. The van der Waals surface area contributed by atoms with Gasteiger partial charge in [0.25, 0.3) is 0 Å². The number of halogens is 2. The second kappa shape index (κ2) is 4.27. The van der Waals surface area contributed by atoms with Gasteiger partial charge in [0.05, 0.1) is 16.3 Å². The molecule has 1 heterocycles. The predicted molar refractivity (Wildman–Crippen MR) is 63.4 cm³/mol. The first-order chi connectivity index (χ1) is 8.00. The fourth-order valence-electron chi connectivity index (χ4n) is 1.47. The van der Waals surface area contributed by atoms with E-state index in [9.17, 15) is 9.59 Å². The van der Waals surface area contributed by atoms with Crippen LogP contribution in [0.4, 0.5) is 0 Å². The zero-order valence-corrected chi connectivity index (χ0v) is 9.79. The molecule has 5 nitrogen and oxygen atoms in total. The van der Waals surface area contributed by atoms with Crippen molar-refractivity contribution in [2.45, 2.75) is 0 Å². The minimum Gasteiger partial charge on any atom is -0.478 e. The smallest absolute Gasteiger partial charge is 0.337 e. The molecule has 7 heteroatoms. The van der Waals surface area contributed by atoms with Crippen molar-refractivity contribution in [2.75, 3.05) is 0 Å². The van der Waals surface area contributed by atoms with E-state index in [-0.39, 0.29) is 21.3 Å². The molecule has 0 saturated carbocycles. The number of hydrogen-bond acceptors (Lipinski definition) is 2. The van der Waals surface area contributed by atoms with Gasteiger partial charge in [-0.2, -0.15) is 0 Å². The van der Waals surface area contributed by atoms with Crippen LogP contribution in [0.25, 0.3) is 5.69 Å². The zero-order chi connectivity index (χ0) is 12.6. The number of aromatic nitrogens is 2. The molecule has 0 aliphatic rings. The number of carbonyl (C=O) groups is 1. The summed E-state index contributed by atoms with van der Waals surface area (Å²) in [5, 5.41) is 9.35. The fraction of sp³-hybridized carbons (Fsp3) is 0. The number of nitrogens with zero attached hydrogens (tertiary/aromatic N) is 1. The van der Waals surface area contributed by atoms with Crippen LogP contribution < -0.4 is 5.69 Å². The first kappa shape index (κ1) is 11.8. The van der Waals surface area contributed by atoms with Crippen LogP contribution in [0.3, 0.4) is 0 Å². The van der Waals surface area contributed by atoms with Gasteiger partial charge >= 0.3 is 11.7 Å². The Morgan fingerprint density at radius 1 is 1.35 bits per heavy atom. The van der Waals surface area contributed by atoms with Crippen LogP contribution in [0.15, 0.2) is 29.3 Å². The number of aromatic amines is 1. The van der Waals surface area contributed by atoms with Gasteiger partial charge in [0.15, 0.2) is 0 Å². The molecule has 0 atom stereocenters. The molecule has 0 unspecified atom stereocenters. The van der Waals surface area contributed by atoms with E-state index in [1.54, 1.807) is 0 Å². The highest BCUT2D eigenvalue weighted by molar-refractivity contribution is 6.36. The molecule has 17 heavy (non-hydrogen) atoms. The molecule has 0 bridgehead atoms. The lowest BCUT2D eigenvalue weighted by Gasteiger charge is -2.09. The standard InChI is InChI=1S/C10H6Cl2N2O3/c11-5-3-6(9(15)16)8(7(12)4-5)14-2-1-13-10(14)17/h1-4H,(H,13,17)(H,15,16). The quantitative estimate of drug-likeness (QED) is 0.880. The lowest BCUT2D eigenvalue weighted by Crippen LogP contribution is -2.17. The Hall–Kier alpha value is -1.72. The average Bonchev–Trinajstić information content (AvgIpc) is 2.63. The largest absolute Gasteiger partial charge is 0.478 e. The molecule has 0 amide bonds. The third kappa shape index (κ3) is 2.07. The topological polar surface area (TPSA) is 75.1 Å². The number of imidazole rings is 1. The minimum atomic E-state index is -1.21. The van der Waals surface area contributed by atoms with Crippen LogP contribution in [0, 0.1) is 0 Å². The summed E-state index contributed by atoms with van der Waals surface area (Å²) >= 11 is 11.6. The monoisotopic (exact) mass is 272 g/mol. The van der Waals surface area contributed by atoms with Gasteiger partial charge in [-0.25, -0.2) is 9.59 Å². The summed E-state index contributed by atoms with van der Waals surface area (Å²) in [5.41, 5.74) is -0.518. The number of nitrogens with one attached hydrogen (secondary N) is 1. The van der Waals surface area contributed by atoms with Crippen molar-refractivity contribution in [3.8, 4) is 5.69 Å². The van der Waals surface area contributed by atoms with Crippen molar-refractivity contribution in [1.29, 1.82) is 0 Å². The van der Waals surface area contributed by atoms with E-state index in [4.69, 9.17) is 28.3 Å². The first-order valence-corrected chi connectivity index (χ1v) is 5.25. The van der Waals surface area contributed by atoms with Crippen LogP contribution in [0.5, 0.6) is 0 Å². The van der Waals surface area contributed by atoms with Gasteiger partial charge in [-0.3, -0.25) is 4.57 Å². The number of aromatic carboxylic acids is 1. The maximum Gasteiger partial charge on any atom is 0.337 e. The Morgan fingerprint density at radius 2 is 2.06 bits per heavy atom. The Morgan fingerprint density at radius 3 is 2.59 bits per heavy atom. The third-order valence-electron chi connectivity index (χ3n) is 2.15. The van der Waals surface area contributed by atoms with Crippen molar-refractivity contribution >= 4 is 29.2 Å².